The van der Waals surface area contributed by atoms with Crippen LogP contribution in [0.4, 0.5) is 5.13 Å². The fourth-order valence-electron chi connectivity index (χ4n) is 4.34. The minimum Gasteiger partial charge on any atom is -0.466 e. The van der Waals surface area contributed by atoms with E-state index in [0.29, 0.717) is 16.4 Å². The van der Waals surface area contributed by atoms with Crippen molar-refractivity contribution >= 4 is 34.4 Å². The first-order valence-corrected chi connectivity index (χ1v) is 12.4. The third-order valence-corrected chi connectivity index (χ3v) is 6.43. The summed E-state index contributed by atoms with van der Waals surface area (Å²) >= 11 is 1.21. The molecule has 188 valence electrons. The Labute approximate surface area is 208 Å². The highest BCUT2D eigenvalue weighted by atomic mass is 32.1. The number of carbonyl (C=O) groups excluding carboxylic acids is 3. The van der Waals surface area contributed by atoms with E-state index in [1.165, 1.54) is 11.3 Å². The lowest BCUT2D eigenvalue weighted by Crippen LogP contribution is -2.62. The summed E-state index contributed by atoms with van der Waals surface area (Å²) in [6.45, 7) is 9.39. The van der Waals surface area contributed by atoms with Crippen LogP contribution in [0, 0.1) is 5.92 Å². The van der Waals surface area contributed by atoms with E-state index in [-0.39, 0.29) is 25.5 Å². The number of esters is 3. The summed E-state index contributed by atoms with van der Waals surface area (Å²) in [5.41, 5.74) is 0.757. The Bertz CT molecular complexity index is 1100. The summed E-state index contributed by atoms with van der Waals surface area (Å²) in [6.07, 6.45) is 0. The van der Waals surface area contributed by atoms with Crippen molar-refractivity contribution in [3.05, 3.63) is 58.2 Å². The molecule has 0 fully saturated rings. The molecule has 1 aliphatic rings. The molecule has 1 aliphatic heterocycles. The van der Waals surface area contributed by atoms with Gasteiger partial charge in [0.2, 0.25) is 0 Å². The molecular weight excluding hydrogens is 470 g/mol. The van der Waals surface area contributed by atoms with Crippen molar-refractivity contribution in [3.63, 3.8) is 0 Å². The molecule has 3 atom stereocenters. The molecule has 1 aromatic carbocycles. The molecule has 3 unspecified atom stereocenters. The minimum absolute atomic E-state index is 0.172. The van der Waals surface area contributed by atoms with Crippen molar-refractivity contribution in [2.45, 2.75) is 46.2 Å². The highest BCUT2D eigenvalue weighted by Crippen LogP contribution is 2.45. The number of aromatic nitrogens is 1. The number of benzene rings is 1. The Morgan fingerprint density at radius 1 is 1.03 bits per heavy atom. The van der Waals surface area contributed by atoms with Crippen molar-refractivity contribution in [1.29, 1.82) is 0 Å². The van der Waals surface area contributed by atoms with Gasteiger partial charge in [0.05, 0.1) is 25.4 Å². The Morgan fingerprint density at radius 2 is 1.66 bits per heavy atom. The lowest BCUT2D eigenvalue weighted by molar-refractivity contribution is -0.152. The molecule has 0 amide bonds. The van der Waals surface area contributed by atoms with Crippen molar-refractivity contribution in [2.24, 2.45) is 5.92 Å². The van der Waals surface area contributed by atoms with Gasteiger partial charge in [-0.2, -0.15) is 0 Å². The van der Waals surface area contributed by atoms with E-state index in [0.717, 1.165) is 5.56 Å². The van der Waals surface area contributed by atoms with Crippen LogP contribution < -0.4 is 10.6 Å². The third-order valence-electron chi connectivity index (χ3n) is 5.67. The second-order valence-electron chi connectivity index (χ2n) is 8.09. The maximum atomic E-state index is 13.5. The number of anilines is 1. The van der Waals surface area contributed by atoms with Crippen LogP contribution in [-0.4, -0.2) is 48.4 Å². The Hall–Kier alpha value is -3.40. The van der Waals surface area contributed by atoms with Crippen molar-refractivity contribution in [3.8, 4) is 0 Å². The fraction of sp³-hybridized carbons (Fsp3) is 0.440. The molecule has 35 heavy (non-hydrogen) atoms. The normalized spacial score (nSPS) is 21.6. The number of carbonyl (C=O) groups is 3. The van der Waals surface area contributed by atoms with Crippen LogP contribution in [0.15, 0.2) is 47.0 Å². The average Bonchev–Trinajstić information content (AvgIpc) is 3.27. The van der Waals surface area contributed by atoms with Gasteiger partial charge in [-0.05, 0) is 40.2 Å². The van der Waals surface area contributed by atoms with Gasteiger partial charge >= 0.3 is 17.9 Å². The van der Waals surface area contributed by atoms with Crippen LogP contribution in [0.3, 0.4) is 0 Å². The quantitative estimate of drug-likeness (QED) is 0.390. The van der Waals surface area contributed by atoms with E-state index in [2.05, 4.69) is 15.6 Å². The Morgan fingerprint density at radius 3 is 2.29 bits per heavy atom. The first-order chi connectivity index (χ1) is 16.8. The molecule has 2 N–H and O–H groups in total. The van der Waals surface area contributed by atoms with Gasteiger partial charge in [-0.1, -0.05) is 30.3 Å². The molecule has 0 spiro atoms. The van der Waals surface area contributed by atoms with E-state index in [4.69, 9.17) is 14.2 Å². The molecule has 0 saturated carbocycles. The van der Waals surface area contributed by atoms with Crippen molar-refractivity contribution in [1.82, 2.24) is 10.3 Å². The van der Waals surface area contributed by atoms with Crippen LogP contribution in [-0.2, 0) is 23.8 Å². The van der Waals surface area contributed by atoms with Gasteiger partial charge in [0, 0.05) is 17.0 Å². The van der Waals surface area contributed by atoms with Crippen molar-refractivity contribution in [2.75, 3.05) is 25.1 Å². The first kappa shape index (κ1) is 26.2. The van der Waals surface area contributed by atoms with Crippen molar-refractivity contribution < 1.29 is 28.6 Å². The van der Waals surface area contributed by atoms with Crippen LogP contribution in [0.2, 0.25) is 0 Å². The number of nitrogens with zero attached hydrogens (tertiary/aromatic N) is 1. The lowest BCUT2D eigenvalue weighted by Gasteiger charge is -2.46. The van der Waals surface area contributed by atoms with E-state index in [9.17, 15) is 14.4 Å². The third kappa shape index (κ3) is 5.64. The van der Waals surface area contributed by atoms with E-state index in [1.807, 2.05) is 30.3 Å². The molecular formula is C25H31N3O6S. The zero-order valence-electron chi connectivity index (χ0n) is 20.5. The molecule has 3 rings (SSSR count). The zero-order chi connectivity index (χ0) is 25.6. The van der Waals surface area contributed by atoms with Crippen LogP contribution in [0.1, 0.15) is 56.6 Å². The summed E-state index contributed by atoms with van der Waals surface area (Å²) in [7, 11) is 0. The number of allylic oxidation sites excluding steroid dienone is 1. The number of hydrogen-bond acceptors (Lipinski definition) is 10. The molecule has 1 aromatic heterocycles. The molecule has 2 aromatic rings. The van der Waals surface area contributed by atoms with Gasteiger partial charge in [-0.15, -0.1) is 11.3 Å². The summed E-state index contributed by atoms with van der Waals surface area (Å²) in [5, 5.41) is 8.59. The maximum Gasteiger partial charge on any atom is 0.357 e. The smallest absolute Gasteiger partial charge is 0.357 e. The number of ether oxygens (including phenoxy) is 3. The Kier molecular flexibility index (Phi) is 8.50. The van der Waals surface area contributed by atoms with Gasteiger partial charge < -0.3 is 24.8 Å². The van der Waals surface area contributed by atoms with Crippen LogP contribution >= 0.6 is 11.3 Å². The highest BCUT2D eigenvalue weighted by Gasteiger charge is 2.53. The van der Waals surface area contributed by atoms with Gasteiger partial charge in [-0.3, -0.25) is 4.79 Å². The fourth-order valence-corrected chi connectivity index (χ4v) is 5.14. The number of rotatable bonds is 9. The topological polar surface area (TPSA) is 116 Å². The van der Waals surface area contributed by atoms with Gasteiger partial charge in [0.25, 0.3) is 0 Å². The van der Waals surface area contributed by atoms with E-state index < -0.39 is 35.4 Å². The summed E-state index contributed by atoms with van der Waals surface area (Å²) in [5.74, 6) is -3.04. The molecule has 9 nitrogen and oxygen atoms in total. The largest absolute Gasteiger partial charge is 0.466 e. The number of thiazole rings is 1. The molecule has 0 radical (unpaired) electrons. The Balaban J connectivity index is 2.12. The van der Waals surface area contributed by atoms with E-state index >= 15 is 0 Å². The monoisotopic (exact) mass is 501 g/mol. The van der Waals surface area contributed by atoms with Gasteiger partial charge in [0.15, 0.2) is 10.8 Å². The second-order valence-corrected chi connectivity index (χ2v) is 8.95. The van der Waals surface area contributed by atoms with Crippen LogP contribution in [0.5, 0.6) is 0 Å². The number of hydrogen-bond donors (Lipinski definition) is 2. The maximum absolute atomic E-state index is 13.5. The molecule has 10 heteroatoms. The SMILES string of the molecule is CCOC(=O)C1=C(C)NC(C)(Nc2nc(C(=O)OCC)cs2)C(C(=O)OCC)C1c1ccccc1. The predicted octanol–water partition coefficient (Wildman–Crippen LogP) is 3.85. The van der Waals surface area contributed by atoms with Gasteiger partial charge in [-0.25, -0.2) is 14.6 Å². The molecule has 0 aliphatic carbocycles. The highest BCUT2D eigenvalue weighted by molar-refractivity contribution is 7.13. The van der Waals surface area contributed by atoms with Gasteiger partial charge in [0.1, 0.15) is 11.6 Å². The standard InChI is InChI=1S/C25H31N3O6S/c1-6-32-21(29)17-14-35-24(26-17)28-25(5)20(23(31)34-8-3)19(16-12-10-9-11-13-16)18(15(4)27-25)22(30)33-7-2/h9-14,19-20,27H,6-8H2,1-5H3,(H,26,28). The first-order valence-electron chi connectivity index (χ1n) is 11.5. The predicted molar refractivity (Wildman–Crippen MR) is 132 cm³/mol. The summed E-state index contributed by atoms with van der Waals surface area (Å²) < 4.78 is 15.9. The second kappa shape index (κ2) is 11.4. The summed E-state index contributed by atoms with van der Waals surface area (Å²) in [4.78, 5) is 43.0. The lowest BCUT2D eigenvalue weighted by atomic mass is 9.71. The van der Waals surface area contributed by atoms with Crippen LogP contribution in [0.25, 0.3) is 0 Å². The number of nitrogens with one attached hydrogen (secondary N) is 2. The summed E-state index contributed by atoms with van der Waals surface area (Å²) in [6, 6.07) is 9.33. The molecule has 0 bridgehead atoms. The molecule has 0 saturated heterocycles. The minimum atomic E-state index is -1.11. The zero-order valence-corrected chi connectivity index (χ0v) is 21.4. The average molecular weight is 502 g/mol. The van der Waals surface area contributed by atoms with E-state index in [1.54, 1.807) is 40.0 Å². The molecule has 2 heterocycles.